The van der Waals surface area contributed by atoms with Crippen LogP contribution in [0, 0.1) is 0 Å². The highest BCUT2D eigenvalue weighted by molar-refractivity contribution is 5.87. The van der Waals surface area contributed by atoms with E-state index < -0.39 is 24.0 Å². The fourth-order valence-corrected chi connectivity index (χ4v) is 0.538. The Kier molecular flexibility index (Phi) is 3.85. The fraction of sp³-hybridized carbons (Fsp3) is 0.714. The molecule has 0 aliphatic carbocycles. The topological polar surface area (TPSA) is 83.8 Å². The number of hydrogen-bond acceptors (Lipinski definition) is 5. The van der Waals surface area contributed by atoms with E-state index in [1.807, 2.05) is 0 Å². The Hall–Kier alpha value is -0.940. The molecule has 0 spiro atoms. The van der Waals surface area contributed by atoms with E-state index in [1.54, 1.807) is 6.92 Å². The van der Waals surface area contributed by atoms with Crippen LogP contribution in [-0.4, -0.2) is 34.4 Å². The van der Waals surface area contributed by atoms with Gasteiger partial charge in [0.05, 0.1) is 6.61 Å². The molecule has 0 unspecified atom stereocenters. The fourth-order valence-electron chi connectivity index (χ4n) is 0.538. The first kappa shape index (κ1) is 11.1. The summed E-state index contributed by atoms with van der Waals surface area (Å²) in [6, 6.07) is 0. The minimum Gasteiger partial charge on any atom is -0.466 e. The molecule has 0 aromatic heterocycles. The minimum atomic E-state index is -2.59. The molecule has 0 bridgehead atoms. The van der Waals surface area contributed by atoms with E-state index in [1.165, 1.54) is 0 Å². The van der Waals surface area contributed by atoms with E-state index in [4.69, 9.17) is 10.2 Å². The number of hydrogen-bond donors (Lipinski definition) is 2. The first-order valence-corrected chi connectivity index (χ1v) is 3.51. The maximum atomic E-state index is 10.7. The number of carbonyl (C=O) groups excluding carboxylic acids is 2. The van der Waals surface area contributed by atoms with Gasteiger partial charge in [-0.1, -0.05) is 0 Å². The molecular formula is C7H12O5. The molecule has 0 aliphatic heterocycles. The Morgan fingerprint density at radius 3 is 2.25 bits per heavy atom. The maximum absolute atomic E-state index is 10.7. The number of Topliss-reactive ketones (excluding diaryl/α,β-unsaturated/α-hetero) is 1. The van der Waals surface area contributed by atoms with Crippen LogP contribution in [0.4, 0.5) is 0 Å². The normalized spacial score (nSPS) is 11.0. The standard InChI is InChI=1S/C7H12O5/c1-3-12-6(9)4-7(10,11)5(2)8/h10-11H,3-4H2,1-2H3. The van der Waals surface area contributed by atoms with E-state index in [2.05, 4.69) is 4.74 Å². The van der Waals surface area contributed by atoms with E-state index in [0.29, 0.717) is 0 Å². The molecule has 0 saturated heterocycles. The first-order chi connectivity index (χ1) is 5.40. The van der Waals surface area contributed by atoms with Gasteiger partial charge in [0.15, 0.2) is 5.78 Å². The van der Waals surface area contributed by atoms with Crippen LogP contribution in [0.2, 0.25) is 0 Å². The quantitative estimate of drug-likeness (QED) is 0.433. The van der Waals surface area contributed by atoms with E-state index in [0.717, 1.165) is 6.92 Å². The summed E-state index contributed by atoms with van der Waals surface area (Å²) in [4.78, 5) is 21.2. The summed E-state index contributed by atoms with van der Waals surface area (Å²) in [5.41, 5.74) is 0. The summed E-state index contributed by atoms with van der Waals surface area (Å²) in [7, 11) is 0. The highest BCUT2D eigenvalue weighted by Crippen LogP contribution is 2.07. The van der Waals surface area contributed by atoms with Gasteiger partial charge in [-0.25, -0.2) is 0 Å². The Morgan fingerprint density at radius 1 is 1.42 bits per heavy atom. The summed E-state index contributed by atoms with van der Waals surface area (Å²) in [6.07, 6.45) is -0.726. The van der Waals surface area contributed by atoms with Crippen molar-refractivity contribution < 1.29 is 24.5 Å². The van der Waals surface area contributed by atoms with Gasteiger partial charge >= 0.3 is 5.97 Å². The molecule has 70 valence electrons. The first-order valence-electron chi connectivity index (χ1n) is 3.51. The summed E-state index contributed by atoms with van der Waals surface area (Å²) in [5.74, 6) is -4.28. The van der Waals surface area contributed by atoms with Crippen LogP contribution in [0.15, 0.2) is 0 Å². The number of ketones is 1. The van der Waals surface area contributed by atoms with Crippen LogP contribution < -0.4 is 0 Å². The maximum Gasteiger partial charge on any atom is 0.311 e. The zero-order valence-corrected chi connectivity index (χ0v) is 7.03. The molecule has 5 nitrogen and oxygen atoms in total. The van der Waals surface area contributed by atoms with Crippen molar-refractivity contribution in [1.82, 2.24) is 0 Å². The van der Waals surface area contributed by atoms with Gasteiger partial charge in [0.1, 0.15) is 6.42 Å². The monoisotopic (exact) mass is 176 g/mol. The molecule has 0 fully saturated rings. The predicted octanol–water partition coefficient (Wildman–Crippen LogP) is -0.791. The molecule has 0 aromatic carbocycles. The molecule has 0 saturated carbocycles. The lowest BCUT2D eigenvalue weighted by Crippen LogP contribution is -2.39. The van der Waals surface area contributed by atoms with Gasteiger partial charge in [-0.15, -0.1) is 0 Å². The number of aliphatic hydroxyl groups is 2. The molecule has 2 N–H and O–H groups in total. The van der Waals surface area contributed by atoms with Crippen molar-refractivity contribution in [2.45, 2.75) is 26.1 Å². The molecule has 12 heavy (non-hydrogen) atoms. The van der Waals surface area contributed by atoms with Crippen LogP contribution >= 0.6 is 0 Å². The van der Waals surface area contributed by atoms with Crippen LogP contribution in [0.3, 0.4) is 0 Å². The molecule has 0 radical (unpaired) electrons. The highest BCUT2D eigenvalue weighted by Gasteiger charge is 2.32. The molecule has 0 heterocycles. The summed E-state index contributed by atoms with van der Waals surface area (Å²) in [5, 5.41) is 17.8. The smallest absolute Gasteiger partial charge is 0.311 e. The second kappa shape index (κ2) is 4.18. The zero-order chi connectivity index (χ0) is 9.78. The largest absolute Gasteiger partial charge is 0.466 e. The van der Waals surface area contributed by atoms with Crippen LogP contribution in [-0.2, 0) is 14.3 Å². The van der Waals surface area contributed by atoms with Crippen molar-refractivity contribution in [2.75, 3.05) is 6.61 Å². The molecule has 0 amide bonds. The Labute approximate surface area is 70.0 Å². The second-order valence-corrected chi connectivity index (χ2v) is 2.35. The summed E-state index contributed by atoms with van der Waals surface area (Å²) >= 11 is 0. The van der Waals surface area contributed by atoms with Crippen LogP contribution in [0.5, 0.6) is 0 Å². The number of esters is 1. The third-order valence-electron chi connectivity index (χ3n) is 1.26. The van der Waals surface area contributed by atoms with Crippen molar-refractivity contribution in [3.63, 3.8) is 0 Å². The third kappa shape index (κ3) is 3.45. The average Bonchev–Trinajstić information content (AvgIpc) is 1.85. The van der Waals surface area contributed by atoms with Gasteiger partial charge < -0.3 is 14.9 Å². The molecule has 0 atom stereocenters. The van der Waals surface area contributed by atoms with E-state index >= 15 is 0 Å². The van der Waals surface area contributed by atoms with Crippen molar-refractivity contribution >= 4 is 11.8 Å². The zero-order valence-electron chi connectivity index (χ0n) is 7.03. The van der Waals surface area contributed by atoms with Crippen LogP contribution in [0.1, 0.15) is 20.3 Å². The van der Waals surface area contributed by atoms with Gasteiger partial charge in [-0.2, -0.15) is 0 Å². The molecule has 5 heteroatoms. The molecule has 0 aliphatic rings. The van der Waals surface area contributed by atoms with Crippen molar-refractivity contribution in [3.05, 3.63) is 0 Å². The molecule has 0 aromatic rings. The lowest BCUT2D eigenvalue weighted by molar-refractivity contribution is -0.191. The SMILES string of the molecule is CCOC(=O)CC(O)(O)C(C)=O. The lowest BCUT2D eigenvalue weighted by Gasteiger charge is -2.16. The highest BCUT2D eigenvalue weighted by atomic mass is 16.5. The molecular weight excluding hydrogens is 164 g/mol. The lowest BCUT2D eigenvalue weighted by atomic mass is 10.1. The summed E-state index contributed by atoms with van der Waals surface area (Å²) in [6.45, 7) is 2.72. The minimum absolute atomic E-state index is 0.146. The summed E-state index contributed by atoms with van der Waals surface area (Å²) < 4.78 is 4.42. The van der Waals surface area contributed by atoms with E-state index in [9.17, 15) is 9.59 Å². The second-order valence-electron chi connectivity index (χ2n) is 2.35. The van der Waals surface area contributed by atoms with E-state index in [-0.39, 0.29) is 6.61 Å². The molecule has 0 rings (SSSR count). The predicted molar refractivity (Wildman–Crippen MR) is 39.1 cm³/mol. The Morgan fingerprint density at radius 2 is 1.92 bits per heavy atom. The van der Waals surface area contributed by atoms with Gasteiger partial charge in [0.2, 0.25) is 5.79 Å². The van der Waals surface area contributed by atoms with Crippen molar-refractivity contribution in [1.29, 1.82) is 0 Å². The Balaban J connectivity index is 4.06. The average molecular weight is 176 g/mol. The Bertz CT molecular complexity index is 184. The van der Waals surface area contributed by atoms with Crippen molar-refractivity contribution in [3.8, 4) is 0 Å². The number of ether oxygens (including phenoxy) is 1. The number of rotatable bonds is 4. The number of carbonyl (C=O) groups is 2. The van der Waals surface area contributed by atoms with Gasteiger partial charge in [-0.05, 0) is 6.92 Å². The van der Waals surface area contributed by atoms with Gasteiger partial charge in [-0.3, -0.25) is 9.59 Å². The van der Waals surface area contributed by atoms with Crippen LogP contribution in [0.25, 0.3) is 0 Å². The van der Waals surface area contributed by atoms with Gasteiger partial charge in [0.25, 0.3) is 0 Å². The van der Waals surface area contributed by atoms with Gasteiger partial charge in [0, 0.05) is 6.92 Å². The third-order valence-corrected chi connectivity index (χ3v) is 1.26. The van der Waals surface area contributed by atoms with Crippen molar-refractivity contribution in [2.24, 2.45) is 0 Å².